The normalized spacial score (nSPS) is 15.6. The predicted octanol–water partition coefficient (Wildman–Crippen LogP) is 9.33. The van der Waals surface area contributed by atoms with Gasteiger partial charge in [-0.2, -0.15) is 0 Å². The molecule has 2 aliphatic heterocycles. The maximum Gasteiger partial charge on any atom is 0.127 e. The molecule has 2 N–H and O–H groups in total. The Morgan fingerprint density at radius 3 is 1.36 bits per heavy atom. The summed E-state index contributed by atoms with van der Waals surface area (Å²) in [6.07, 6.45) is 23.6. The number of rotatable bonds is 16. The molecule has 0 saturated heterocycles. The molecule has 0 unspecified atom stereocenters. The van der Waals surface area contributed by atoms with Gasteiger partial charge in [0.2, 0.25) is 0 Å². The van der Waals surface area contributed by atoms with Crippen LogP contribution in [0.25, 0.3) is 11.1 Å². The maximum atomic E-state index is 6.30. The van der Waals surface area contributed by atoms with Gasteiger partial charge in [-0.15, -0.1) is 0 Å². The van der Waals surface area contributed by atoms with E-state index < -0.39 is 0 Å². The summed E-state index contributed by atoms with van der Waals surface area (Å²) in [5, 5.41) is 0. The van der Waals surface area contributed by atoms with Gasteiger partial charge in [0.15, 0.2) is 0 Å². The number of allylic oxidation sites excluding steroid dienone is 4. The van der Waals surface area contributed by atoms with Crippen molar-refractivity contribution in [1.29, 1.82) is 0 Å². The fraction of sp³-hybridized carbons (Fsp3) is 0.231. The van der Waals surface area contributed by atoms with Crippen LogP contribution in [0.2, 0.25) is 0 Å². The molecule has 0 atom stereocenters. The monoisotopic (exact) mass is 596 g/mol. The van der Waals surface area contributed by atoms with Crippen LogP contribution in [0.15, 0.2) is 131 Å². The van der Waals surface area contributed by atoms with Gasteiger partial charge >= 0.3 is 0 Å². The van der Waals surface area contributed by atoms with Crippen molar-refractivity contribution in [2.24, 2.45) is 9.98 Å². The smallest absolute Gasteiger partial charge is 0.127 e. The number of para-hydroxylation sites is 2. The Morgan fingerprint density at radius 2 is 0.956 bits per heavy atom. The first kappa shape index (κ1) is 29.9. The third kappa shape index (κ3) is 7.71. The Kier molecular flexibility index (Phi) is 10.4. The third-order valence-corrected chi connectivity index (χ3v) is 7.97. The topological polar surface area (TPSA) is 74.8 Å². The van der Waals surface area contributed by atoms with Crippen LogP contribution < -0.4 is 9.47 Å². The Balaban J connectivity index is 0.915. The first-order chi connectivity index (χ1) is 22.4. The lowest BCUT2D eigenvalue weighted by molar-refractivity contribution is 0.299. The number of aromatic nitrogens is 2. The molecular formula is C39H40N4O2. The Bertz CT molecular complexity index is 1560. The molecule has 2 aromatic carbocycles. The standard InChI is InChI=1S/C39H40N4O2/c1(2-4-10-28-44-36-22-8-6-16-30(36)38(32-18-12-24-40-32)33-19-13-25-41-33)3-5-11-29-45-37-23-9-7-17-31(37)39(34-20-14-26-42-34)35-21-15-27-43-35/h6-9,12-27,40,42H,1-5,10-11,28-29H2. The largest absolute Gasteiger partial charge is 0.493 e. The maximum absolute atomic E-state index is 6.30. The highest BCUT2D eigenvalue weighted by Gasteiger charge is 2.18. The first-order valence-electron chi connectivity index (χ1n) is 16.0. The molecule has 0 saturated carbocycles. The van der Waals surface area contributed by atoms with Gasteiger partial charge in [-0.05, 0) is 73.5 Å². The van der Waals surface area contributed by atoms with E-state index in [4.69, 9.17) is 9.47 Å². The summed E-state index contributed by atoms with van der Waals surface area (Å²) in [5.74, 6) is 1.80. The van der Waals surface area contributed by atoms with E-state index in [1.165, 1.54) is 19.3 Å². The van der Waals surface area contributed by atoms with Gasteiger partial charge < -0.3 is 19.4 Å². The van der Waals surface area contributed by atoms with E-state index in [-0.39, 0.29) is 0 Å². The van der Waals surface area contributed by atoms with Crippen LogP contribution in [-0.2, 0) is 0 Å². The van der Waals surface area contributed by atoms with Crippen molar-refractivity contribution in [1.82, 2.24) is 9.97 Å². The van der Waals surface area contributed by atoms with Gasteiger partial charge in [0.25, 0.3) is 0 Å². The molecule has 2 aromatic heterocycles. The van der Waals surface area contributed by atoms with E-state index in [1.54, 1.807) is 0 Å². The van der Waals surface area contributed by atoms with Gasteiger partial charge in [0.05, 0.1) is 24.6 Å². The number of hydrogen-bond acceptors (Lipinski definition) is 4. The molecule has 45 heavy (non-hydrogen) atoms. The molecule has 6 rings (SSSR count). The highest BCUT2D eigenvalue weighted by atomic mass is 16.5. The molecule has 228 valence electrons. The van der Waals surface area contributed by atoms with Gasteiger partial charge in [-0.3, -0.25) is 9.98 Å². The van der Waals surface area contributed by atoms with Gasteiger partial charge in [0, 0.05) is 58.5 Å². The average molecular weight is 597 g/mol. The van der Waals surface area contributed by atoms with Crippen molar-refractivity contribution < 1.29 is 9.47 Å². The van der Waals surface area contributed by atoms with E-state index in [0.29, 0.717) is 13.2 Å². The van der Waals surface area contributed by atoms with Crippen molar-refractivity contribution in [3.05, 3.63) is 143 Å². The van der Waals surface area contributed by atoms with E-state index in [0.717, 1.165) is 82.2 Å². The first-order valence-corrected chi connectivity index (χ1v) is 16.0. The third-order valence-electron chi connectivity index (χ3n) is 7.97. The molecule has 0 bridgehead atoms. The minimum atomic E-state index is 0.707. The van der Waals surface area contributed by atoms with E-state index in [9.17, 15) is 0 Å². The van der Waals surface area contributed by atoms with E-state index in [2.05, 4.69) is 68.5 Å². The highest BCUT2D eigenvalue weighted by Crippen LogP contribution is 2.36. The molecule has 0 fully saturated rings. The molecule has 0 radical (unpaired) electrons. The van der Waals surface area contributed by atoms with Crippen LogP contribution >= 0.6 is 0 Å². The number of ether oxygens (including phenoxy) is 2. The van der Waals surface area contributed by atoms with Crippen LogP contribution in [0.3, 0.4) is 0 Å². The number of nitrogens with one attached hydrogen (secondary N) is 2. The summed E-state index contributed by atoms with van der Waals surface area (Å²) >= 11 is 0. The number of nitrogens with zero attached hydrogens (tertiary/aromatic N) is 2. The fourth-order valence-corrected chi connectivity index (χ4v) is 5.76. The minimum absolute atomic E-state index is 0.707. The highest BCUT2D eigenvalue weighted by molar-refractivity contribution is 5.90. The molecule has 2 aliphatic rings. The summed E-state index contributed by atoms with van der Waals surface area (Å²) in [6, 6.07) is 24.7. The van der Waals surface area contributed by atoms with Crippen molar-refractivity contribution >= 4 is 23.6 Å². The summed E-state index contributed by atoms with van der Waals surface area (Å²) < 4.78 is 12.6. The van der Waals surface area contributed by atoms with Gasteiger partial charge in [0.1, 0.15) is 11.5 Å². The van der Waals surface area contributed by atoms with Crippen molar-refractivity contribution in [3.8, 4) is 11.5 Å². The molecule has 4 heterocycles. The molecule has 0 spiro atoms. The number of H-pyrrole nitrogens is 2. The zero-order valence-electron chi connectivity index (χ0n) is 25.6. The summed E-state index contributed by atoms with van der Waals surface area (Å²) in [4.78, 5) is 15.8. The second kappa shape index (κ2) is 15.6. The second-order valence-corrected chi connectivity index (χ2v) is 11.1. The van der Waals surface area contributed by atoms with Crippen molar-refractivity contribution in [2.45, 2.75) is 44.9 Å². The lowest BCUT2D eigenvalue weighted by Gasteiger charge is -2.15. The molecule has 6 nitrogen and oxygen atoms in total. The Hall–Kier alpha value is -5.10. The molecule has 0 aliphatic carbocycles. The lowest BCUT2D eigenvalue weighted by atomic mass is 9.99. The van der Waals surface area contributed by atoms with Crippen LogP contribution in [0, 0.1) is 0 Å². The van der Waals surface area contributed by atoms with E-state index >= 15 is 0 Å². The van der Waals surface area contributed by atoms with Crippen LogP contribution in [0.4, 0.5) is 0 Å². The number of aromatic amines is 2. The summed E-state index contributed by atoms with van der Waals surface area (Å²) in [6.45, 7) is 1.41. The fourth-order valence-electron chi connectivity index (χ4n) is 5.76. The van der Waals surface area contributed by atoms with Gasteiger partial charge in [-0.25, -0.2) is 0 Å². The van der Waals surface area contributed by atoms with E-state index in [1.807, 2.05) is 73.4 Å². The number of hydrogen-bond donors (Lipinski definition) is 2. The summed E-state index contributed by atoms with van der Waals surface area (Å²) in [5.41, 5.74) is 8.20. The Morgan fingerprint density at radius 1 is 0.511 bits per heavy atom. The molecular weight excluding hydrogens is 556 g/mol. The van der Waals surface area contributed by atoms with Crippen LogP contribution in [-0.4, -0.2) is 35.6 Å². The number of aliphatic imine (C=N–C) groups is 2. The Labute approximate surface area is 265 Å². The van der Waals surface area contributed by atoms with Crippen molar-refractivity contribution in [2.75, 3.05) is 13.2 Å². The summed E-state index contributed by atoms with van der Waals surface area (Å²) in [7, 11) is 0. The quantitative estimate of drug-likeness (QED) is 0.127. The van der Waals surface area contributed by atoms with Crippen LogP contribution in [0.5, 0.6) is 11.5 Å². The minimum Gasteiger partial charge on any atom is -0.493 e. The van der Waals surface area contributed by atoms with Crippen LogP contribution in [0.1, 0.15) is 67.5 Å². The second-order valence-electron chi connectivity index (χ2n) is 11.1. The lowest BCUT2D eigenvalue weighted by Crippen LogP contribution is -2.02. The van der Waals surface area contributed by atoms with Crippen molar-refractivity contribution in [3.63, 3.8) is 0 Å². The molecule has 6 heteroatoms. The zero-order chi connectivity index (χ0) is 30.5. The van der Waals surface area contributed by atoms with Gasteiger partial charge in [-0.1, -0.05) is 68.5 Å². The number of benzene rings is 2. The predicted molar refractivity (Wildman–Crippen MR) is 185 cm³/mol. The molecule has 0 amide bonds. The number of unbranched alkanes of at least 4 members (excludes halogenated alkanes) is 6. The molecule has 4 aromatic rings. The zero-order valence-corrected chi connectivity index (χ0v) is 25.6. The average Bonchev–Trinajstić information content (AvgIpc) is 3.92. The SMILES string of the molecule is C1=CC(=C(c2ccc[nH]2)c2ccccc2OCCCCCCCCCOc2ccccc2C(=C2C=CC=N2)c2ccc[nH]2)N=C1.